The van der Waals surface area contributed by atoms with Crippen molar-refractivity contribution in [3.05, 3.63) is 78.7 Å². The Bertz CT molecular complexity index is 1100. The molecule has 0 aliphatic carbocycles. The Labute approximate surface area is 195 Å². The van der Waals surface area contributed by atoms with E-state index in [-0.39, 0.29) is 5.91 Å². The number of para-hydroxylation sites is 2. The predicted octanol–water partition coefficient (Wildman–Crippen LogP) is 4.87. The van der Waals surface area contributed by atoms with Gasteiger partial charge in [0, 0.05) is 19.5 Å². The zero-order valence-corrected chi connectivity index (χ0v) is 19.5. The second kappa shape index (κ2) is 12.5. The number of carbonyl (C=O) groups is 1. The van der Waals surface area contributed by atoms with Gasteiger partial charge in [-0.15, -0.1) is 6.58 Å². The van der Waals surface area contributed by atoms with Crippen LogP contribution in [0.15, 0.2) is 67.3 Å². The van der Waals surface area contributed by atoms with Crippen LogP contribution in [0.25, 0.3) is 11.0 Å². The van der Waals surface area contributed by atoms with E-state index in [4.69, 9.17) is 14.5 Å². The Morgan fingerprint density at radius 3 is 2.82 bits per heavy atom. The quantitative estimate of drug-likeness (QED) is 0.231. The largest absolute Gasteiger partial charge is 0.493 e. The van der Waals surface area contributed by atoms with Gasteiger partial charge in [0.15, 0.2) is 11.5 Å². The first-order valence-corrected chi connectivity index (χ1v) is 11.4. The molecule has 6 nitrogen and oxygen atoms in total. The van der Waals surface area contributed by atoms with E-state index in [1.54, 1.807) is 13.2 Å². The zero-order chi connectivity index (χ0) is 23.5. The Morgan fingerprint density at radius 1 is 1.18 bits per heavy atom. The number of aromatic nitrogens is 2. The molecule has 0 unspecified atom stereocenters. The molecule has 33 heavy (non-hydrogen) atoms. The zero-order valence-electron chi connectivity index (χ0n) is 19.5. The van der Waals surface area contributed by atoms with Gasteiger partial charge in [0.1, 0.15) is 5.82 Å². The number of carbonyl (C=O) groups excluding carboxylic acids is 1. The highest BCUT2D eigenvalue weighted by Crippen LogP contribution is 2.28. The molecule has 3 rings (SSSR count). The van der Waals surface area contributed by atoms with E-state index in [9.17, 15) is 4.79 Å². The van der Waals surface area contributed by atoms with Gasteiger partial charge in [0.25, 0.3) is 0 Å². The average Bonchev–Trinajstić information content (AvgIpc) is 3.18. The first-order valence-electron chi connectivity index (χ1n) is 11.4. The second-order valence-electron chi connectivity index (χ2n) is 7.74. The van der Waals surface area contributed by atoms with Gasteiger partial charge in [0.05, 0.1) is 24.8 Å². The van der Waals surface area contributed by atoms with E-state index >= 15 is 0 Å². The number of allylic oxidation sites excluding steroid dienone is 2. The minimum Gasteiger partial charge on any atom is -0.493 e. The highest BCUT2D eigenvalue weighted by Gasteiger charge is 2.11. The third-order valence-electron chi connectivity index (χ3n) is 5.32. The Morgan fingerprint density at radius 2 is 2.03 bits per heavy atom. The van der Waals surface area contributed by atoms with Gasteiger partial charge in [-0.1, -0.05) is 30.4 Å². The number of benzene rings is 2. The first-order chi connectivity index (χ1) is 16.2. The molecule has 3 aromatic rings. The summed E-state index contributed by atoms with van der Waals surface area (Å²) in [4.78, 5) is 16.4. The predicted molar refractivity (Wildman–Crippen MR) is 133 cm³/mol. The maximum Gasteiger partial charge on any atom is 0.243 e. The lowest BCUT2D eigenvalue weighted by Gasteiger charge is -2.13. The van der Waals surface area contributed by atoms with Crippen molar-refractivity contribution < 1.29 is 14.3 Å². The number of nitrogens with zero attached hydrogens (tertiary/aromatic N) is 2. The van der Waals surface area contributed by atoms with Crippen molar-refractivity contribution in [2.45, 2.75) is 39.2 Å². The van der Waals surface area contributed by atoms with Gasteiger partial charge in [-0.25, -0.2) is 4.98 Å². The molecule has 0 saturated heterocycles. The lowest BCUT2D eigenvalue weighted by atomic mass is 10.1. The molecule has 0 aliphatic rings. The van der Waals surface area contributed by atoms with Gasteiger partial charge in [-0.05, 0) is 62.1 Å². The molecule has 0 spiro atoms. The van der Waals surface area contributed by atoms with E-state index in [1.807, 2.05) is 49.4 Å². The summed E-state index contributed by atoms with van der Waals surface area (Å²) in [5, 5.41) is 2.90. The molecule has 6 heteroatoms. The number of ether oxygens (including phenoxy) is 2. The van der Waals surface area contributed by atoms with Crippen LogP contribution in [0.5, 0.6) is 11.5 Å². The summed E-state index contributed by atoms with van der Waals surface area (Å²) in [6.45, 7) is 7.62. The van der Waals surface area contributed by atoms with Crippen LogP contribution in [0.1, 0.15) is 31.2 Å². The maximum absolute atomic E-state index is 11.6. The molecular weight excluding hydrogens is 414 g/mol. The molecule has 0 aliphatic heterocycles. The fourth-order valence-corrected chi connectivity index (χ4v) is 3.76. The molecule has 1 amide bonds. The number of hydrogen-bond acceptors (Lipinski definition) is 4. The van der Waals surface area contributed by atoms with E-state index in [0.717, 1.165) is 66.1 Å². The van der Waals surface area contributed by atoms with Crippen LogP contribution in [0.4, 0.5) is 0 Å². The highest BCUT2D eigenvalue weighted by molar-refractivity contribution is 5.87. The van der Waals surface area contributed by atoms with Crippen molar-refractivity contribution in [2.24, 2.45) is 0 Å². The first kappa shape index (κ1) is 24.1. The number of hydrogen-bond donors (Lipinski definition) is 1. The molecule has 2 aromatic carbocycles. The smallest absolute Gasteiger partial charge is 0.243 e. The number of aryl methyl sites for hydroxylation is 2. The number of nitrogens with one attached hydrogen (secondary N) is 1. The third-order valence-corrected chi connectivity index (χ3v) is 5.32. The van der Waals surface area contributed by atoms with Gasteiger partial charge >= 0.3 is 0 Å². The summed E-state index contributed by atoms with van der Waals surface area (Å²) in [6, 6.07) is 14.2. The highest BCUT2D eigenvalue weighted by atomic mass is 16.5. The molecule has 0 saturated carbocycles. The summed E-state index contributed by atoms with van der Waals surface area (Å²) in [7, 11) is 1.66. The molecule has 1 aromatic heterocycles. The van der Waals surface area contributed by atoms with E-state index in [0.29, 0.717) is 13.2 Å². The molecule has 0 atom stereocenters. The van der Waals surface area contributed by atoms with Crippen LogP contribution >= 0.6 is 0 Å². The summed E-state index contributed by atoms with van der Waals surface area (Å²) in [5.41, 5.74) is 3.26. The average molecular weight is 448 g/mol. The molecule has 0 bridgehead atoms. The van der Waals surface area contributed by atoms with Crippen LogP contribution in [-0.2, 0) is 24.2 Å². The van der Waals surface area contributed by atoms with Gasteiger partial charge < -0.3 is 19.4 Å². The Balaban J connectivity index is 1.60. The van der Waals surface area contributed by atoms with Crippen molar-refractivity contribution in [3.63, 3.8) is 0 Å². The van der Waals surface area contributed by atoms with Crippen molar-refractivity contribution in [2.75, 3.05) is 20.3 Å². The molecule has 174 valence electrons. The van der Waals surface area contributed by atoms with Crippen LogP contribution in [-0.4, -0.2) is 35.7 Å². The van der Waals surface area contributed by atoms with Crippen molar-refractivity contribution >= 4 is 16.9 Å². The van der Waals surface area contributed by atoms with Crippen LogP contribution in [0, 0.1) is 0 Å². The van der Waals surface area contributed by atoms with Crippen LogP contribution in [0.3, 0.4) is 0 Å². The molecule has 0 fully saturated rings. The Hall–Kier alpha value is -3.54. The monoisotopic (exact) mass is 447 g/mol. The normalized spacial score (nSPS) is 11.1. The van der Waals surface area contributed by atoms with E-state index in [1.165, 1.54) is 6.08 Å². The van der Waals surface area contributed by atoms with Gasteiger partial charge in [-0.3, -0.25) is 4.79 Å². The van der Waals surface area contributed by atoms with Crippen molar-refractivity contribution in [1.82, 2.24) is 14.9 Å². The lowest BCUT2D eigenvalue weighted by Crippen LogP contribution is -2.22. The molecule has 1 heterocycles. The Kier molecular flexibility index (Phi) is 9.12. The fraction of sp³-hybridized carbons (Fsp3) is 0.333. The summed E-state index contributed by atoms with van der Waals surface area (Å²) in [6.07, 6.45) is 8.41. The summed E-state index contributed by atoms with van der Waals surface area (Å²) in [5.74, 6) is 2.46. The second-order valence-corrected chi connectivity index (χ2v) is 7.74. The van der Waals surface area contributed by atoms with E-state index in [2.05, 4.69) is 22.5 Å². The number of rotatable bonds is 13. The minimum absolute atomic E-state index is 0.0592. The summed E-state index contributed by atoms with van der Waals surface area (Å²) >= 11 is 0. The lowest BCUT2D eigenvalue weighted by molar-refractivity contribution is -0.116. The van der Waals surface area contributed by atoms with Crippen LogP contribution < -0.4 is 14.8 Å². The SMILES string of the molecule is C=CCc1ccc(OCCCn2c(CCCNC(=O)/C=C\C)nc3ccccc32)c(OC)c1. The number of imidazole rings is 1. The van der Waals surface area contributed by atoms with Crippen molar-refractivity contribution in [1.29, 1.82) is 0 Å². The molecule has 0 radical (unpaired) electrons. The topological polar surface area (TPSA) is 65.4 Å². The number of methoxy groups -OCH3 is 1. The molecular formula is C27H33N3O3. The minimum atomic E-state index is -0.0592. The third kappa shape index (κ3) is 6.72. The summed E-state index contributed by atoms with van der Waals surface area (Å²) < 4.78 is 13.8. The van der Waals surface area contributed by atoms with Crippen molar-refractivity contribution in [3.8, 4) is 11.5 Å². The fourth-order valence-electron chi connectivity index (χ4n) is 3.76. The molecule has 1 N–H and O–H groups in total. The van der Waals surface area contributed by atoms with Gasteiger partial charge in [-0.2, -0.15) is 0 Å². The van der Waals surface area contributed by atoms with Gasteiger partial charge in [0.2, 0.25) is 5.91 Å². The standard InChI is InChI=1S/C27H33N3O3/c1-4-10-21-15-16-24(25(20-21)32-3)33-19-9-18-30-23-13-7-6-12-22(23)29-26(30)14-8-17-28-27(31)11-5-2/h4-7,11-13,15-16,20H,1,8-10,14,17-19H2,2-3H3,(H,28,31)/b11-5-. The maximum atomic E-state index is 11.6. The van der Waals surface area contributed by atoms with Crippen LogP contribution in [0.2, 0.25) is 0 Å². The number of fused-ring (bicyclic) bond motifs is 1. The number of amides is 1. The van der Waals surface area contributed by atoms with E-state index < -0.39 is 0 Å².